The molecule has 1 aliphatic carbocycles. The average Bonchev–Trinajstić information content (AvgIpc) is 2.98. The Hall–Kier alpha value is -1.29. The minimum atomic E-state index is -0.447. The molecule has 1 aromatic carbocycles. The standard InChI is InChI=1S/C12H16FNO2/c1-16-11-7-10(15)8(6-9(11)13)2-3-12(14)4-5-12/h6-7,15H,2-5,14H2,1H3. The van der Waals surface area contributed by atoms with E-state index in [1.165, 1.54) is 19.2 Å². The molecule has 1 saturated carbocycles. The first-order valence-corrected chi connectivity index (χ1v) is 5.38. The molecule has 0 unspecified atom stereocenters. The Bertz CT molecular complexity index is 402. The highest BCUT2D eigenvalue weighted by Crippen LogP contribution is 2.38. The predicted octanol–water partition coefficient (Wildman–Crippen LogP) is 1.96. The van der Waals surface area contributed by atoms with Gasteiger partial charge in [-0.05, 0) is 37.3 Å². The van der Waals surface area contributed by atoms with Crippen molar-refractivity contribution >= 4 is 0 Å². The molecular formula is C12H16FNO2. The largest absolute Gasteiger partial charge is 0.508 e. The zero-order valence-electron chi connectivity index (χ0n) is 9.29. The van der Waals surface area contributed by atoms with Gasteiger partial charge in [0.25, 0.3) is 0 Å². The summed E-state index contributed by atoms with van der Waals surface area (Å²) in [6.45, 7) is 0. The molecule has 1 aromatic rings. The summed E-state index contributed by atoms with van der Waals surface area (Å²) in [7, 11) is 1.37. The molecule has 1 aliphatic rings. The lowest BCUT2D eigenvalue weighted by Crippen LogP contribution is -2.22. The van der Waals surface area contributed by atoms with E-state index >= 15 is 0 Å². The Labute approximate surface area is 94.0 Å². The van der Waals surface area contributed by atoms with Crippen LogP contribution in [0.4, 0.5) is 4.39 Å². The van der Waals surface area contributed by atoms with Crippen LogP contribution in [-0.4, -0.2) is 17.8 Å². The number of aromatic hydroxyl groups is 1. The van der Waals surface area contributed by atoms with Gasteiger partial charge in [-0.2, -0.15) is 0 Å². The maximum Gasteiger partial charge on any atom is 0.165 e. The highest BCUT2D eigenvalue weighted by Gasteiger charge is 2.37. The smallest absolute Gasteiger partial charge is 0.165 e. The van der Waals surface area contributed by atoms with Crippen molar-refractivity contribution < 1.29 is 14.2 Å². The summed E-state index contributed by atoms with van der Waals surface area (Å²) >= 11 is 0. The molecular weight excluding hydrogens is 209 g/mol. The van der Waals surface area contributed by atoms with Crippen LogP contribution in [0.1, 0.15) is 24.8 Å². The summed E-state index contributed by atoms with van der Waals surface area (Å²) in [5, 5.41) is 9.68. The second-order valence-electron chi connectivity index (χ2n) is 4.48. The van der Waals surface area contributed by atoms with Gasteiger partial charge in [0.05, 0.1) is 7.11 Å². The second kappa shape index (κ2) is 3.94. The number of phenolic OH excluding ortho intramolecular Hbond substituents is 1. The van der Waals surface area contributed by atoms with Gasteiger partial charge in [-0.15, -0.1) is 0 Å². The first-order valence-electron chi connectivity index (χ1n) is 5.38. The first kappa shape index (κ1) is 11.2. The first-order chi connectivity index (χ1) is 7.54. The van der Waals surface area contributed by atoms with Gasteiger partial charge in [-0.25, -0.2) is 4.39 Å². The molecule has 0 aliphatic heterocycles. The van der Waals surface area contributed by atoms with Crippen molar-refractivity contribution in [3.05, 3.63) is 23.5 Å². The number of halogens is 1. The summed E-state index contributed by atoms with van der Waals surface area (Å²) in [6, 6.07) is 2.63. The van der Waals surface area contributed by atoms with E-state index in [0.717, 1.165) is 19.3 Å². The van der Waals surface area contributed by atoms with Crippen molar-refractivity contribution in [2.24, 2.45) is 5.73 Å². The molecule has 88 valence electrons. The molecule has 3 N–H and O–H groups in total. The van der Waals surface area contributed by atoms with Gasteiger partial charge in [0.2, 0.25) is 0 Å². The second-order valence-corrected chi connectivity index (χ2v) is 4.48. The normalized spacial score (nSPS) is 17.2. The van der Waals surface area contributed by atoms with Crippen LogP contribution in [0.15, 0.2) is 12.1 Å². The third-order valence-electron chi connectivity index (χ3n) is 3.14. The molecule has 0 aromatic heterocycles. The molecule has 0 heterocycles. The Morgan fingerprint density at radius 2 is 2.19 bits per heavy atom. The van der Waals surface area contributed by atoms with Crippen molar-refractivity contribution in [3.8, 4) is 11.5 Å². The van der Waals surface area contributed by atoms with E-state index in [4.69, 9.17) is 10.5 Å². The maximum atomic E-state index is 13.4. The zero-order valence-corrected chi connectivity index (χ0v) is 9.29. The number of aryl methyl sites for hydroxylation is 1. The molecule has 16 heavy (non-hydrogen) atoms. The third kappa shape index (κ3) is 2.27. The van der Waals surface area contributed by atoms with Crippen LogP contribution in [-0.2, 0) is 6.42 Å². The van der Waals surface area contributed by atoms with E-state index in [1.54, 1.807) is 0 Å². The summed E-state index contributed by atoms with van der Waals surface area (Å²) in [4.78, 5) is 0. The molecule has 1 fully saturated rings. The van der Waals surface area contributed by atoms with Crippen LogP contribution in [0.3, 0.4) is 0 Å². The Balaban J connectivity index is 2.11. The van der Waals surface area contributed by atoms with Crippen molar-refractivity contribution in [3.63, 3.8) is 0 Å². The molecule has 4 heteroatoms. The average molecular weight is 225 g/mol. The fraction of sp³-hybridized carbons (Fsp3) is 0.500. The molecule has 0 radical (unpaired) electrons. The van der Waals surface area contributed by atoms with Crippen LogP contribution >= 0.6 is 0 Å². The fourth-order valence-electron chi connectivity index (χ4n) is 1.73. The van der Waals surface area contributed by atoms with Crippen LogP contribution in [0, 0.1) is 5.82 Å². The summed E-state index contributed by atoms with van der Waals surface area (Å²) < 4.78 is 18.2. The van der Waals surface area contributed by atoms with E-state index in [-0.39, 0.29) is 17.0 Å². The van der Waals surface area contributed by atoms with Gasteiger partial charge in [0.1, 0.15) is 5.75 Å². The molecule has 0 atom stereocenters. The lowest BCUT2D eigenvalue weighted by atomic mass is 10.0. The van der Waals surface area contributed by atoms with Gasteiger partial charge in [0.15, 0.2) is 11.6 Å². The fourth-order valence-corrected chi connectivity index (χ4v) is 1.73. The lowest BCUT2D eigenvalue weighted by Gasteiger charge is -2.11. The van der Waals surface area contributed by atoms with Crippen LogP contribution in [0.25, 0.3) is 0 Å². The summed E-state index contributed by atoms with van der Waals surface area (Å²) in [6.07, 6.45) is 3.42. The molecule has 0 amide bonds. The minimum absolute atomic E-state index is 0.0649. The van der Waals surface area contributed by atoms with E-state index in [1.807, 2.05) is 0 Å². The molecule has 2 rings (SSSR count). The Morgan fingerprint density at radius 1 is 1.50 bits per heavy atom. The molecule has 0 spiro atoms. The highest BCUT2D eigenvalue weighted by atomic mass is 19.1. The van der Waals surface area contributed by atoms with Gasteiger partial charge in [0, 0.05) is 11.6 Å². The number of methoxy groups -OCH3 is 1. The summed E-state index contributed by atoms with van der Waals surface area (Å²) in [5.74, 6) is -0.310. The monoisotopic (exact) mass is 225 g/mol. The lowest BCUT2D eigenvalue weighted by molar-refractivity contribution is 0.378. The SMILES string of the molecule is COc1cc(O)c(CCC2(N)CC2)cc1F. The van der Waals surface area contributed by atoms with Crippen LogP contribution in [0.2, 0.25) is 0 Å². The number of hydrogen-bond acceptors (Lipinski definition) is 3. The molecule has 0 bridgehead atoms. The van der Waals surface area contributed by atoms with E-state index in [0.29, 0.717) is 12.0 Å². The predicted molar refractivity (Wildman–Crippen MR) is 59.1 cm³/mol. The highest BCUT2D eigenvalue weighted by molar-refractivity contribution is 5.41. The zero-order chi connectivity index (χ0) is 11.8. The number of nitrogens with two attached hydrogens (primary N) is 1. The van der Waals surface area contributed by atoms with E-state index in [2.05, 4.69) is 0 Å². The number of rotatable bonds is 4. The third-order valence-corrected chi connectivity index (χ3v) is 3.14. The van der Waals surface area contributed by atoms with E-state index < -0.39 is 5.82 Å². The van der Waals surface area contributed by atoms with Gasteiger partial charge < -0.3 is 15.6 Å². The topological polar surface area (TPSA) is 55.5 Å². The number of phenols is 1. The van der Waals surface area contributed by atoms with Gasteiger partial charge in [-0.1, -0.05) is 0 Å². The number of benzene rings is 1. The van der Waals surface area contributed by atoms with Gasteiger partial charge in [-0.3, -0.25) is 0 Å². The van der Waals surface area contributed by atoms with Crippen LogP contribution in [0.5, 0.6) is 11.5 Å². The Morgan fingerprint density at radius 3 is 2.75 bits per heavy atom. The summed E-state index contributed by atoms with van der Waals surface area (Å²) in [5.41, 5.74) is 6.45. The Kier molecular flexibility index (Phi) is 2.76. The molecule has 3 nitrogen and oxygen atoms in total. The minimum Gasteiger partial charge on any atom is -0.508 e. The van der Waals surface area contributed by atoms with Crippen molar-refractivity contribution in [1.29, 1.82) is 0 Å². The number of ether oxygens (including phenoxy) is 1. The number of hydrogen-bond donors (Lipinski definition) is 2. The van der Waals surface area contributed by atoms with Crippen LogP contribution < -0.4 is 10.5 Å². The molecule has 0 saturated heterocycles. The quantitative estimate of drug-likeness (QED) is 0.823. The van der Waals surface area contributed by atoms with Crippen molar-refractivity contribution in [2.45, 2.75) is 31.2 Å². The van der Waals surface area contributed by atoms with Crippen molar-refractivity contribution in [2.75, 3.05) is 7.11 Å². The van der Waals surface area contributed by atoms with E-state index in [9.17, 15) is 9.50 Å². The maximum absolute atomic E-state index is 13.4. The van der Waals surface area contributed by atoms with Crippen molar-refractivity contribution in [1.82, 2.24) is 0 Å². The van der Waals surface area contributed by atoms with Gasteiger partial charge >= 0.3 is 0 Å².